The van der Waals surface area contributed by atoms with Crippen LogP contribution in [0.15, 0.2) is 0 Å². The summed E-state index contributed by atoms with van der Waals surface area (Å²) < 4.78 is 0. The topological polar surface area (TPSA) is 0 Å². The molecule has 0 bridgehead atoms. The summed E-state index contributed by atoms with van der Waals surface area (Å²) in [4.78, 5) is 0. The first-order chi connectivity index (χ1) is 11.4. The maximum atomic E-state index is 2.62. The van der Waals surface area contributed by atoms with Crippen LogP contribution in [0.25, 0.3) is 0 Å². The molecule has 0 heterocycles. The van der Waals surface area contributed by atoms with Crippen LogP contribution in [0.1, 0.15) is 107 Å². The van der Waals surface area contributed by atoms with E-state index >= 15 is 0 Å². The molecule has 0 amide bonds. The van der Waals surface area contributed by atoms with Crippen molar-refractivity contribution in [2.75, 3.05) is 6.16 Å². The van der Waals surface area contributed by atoms with E-state index in [1.807, 2.05) is 27.7 Å². The quantitative estimate of drug-likeness (QED) is 0.422. The number of hydrogen-bond acceptors (Lipinski definition) is 0. The maximum Gasteiger partial charge on any atom is -0.0122 e. The van der Waals surface area contributed by atoms with Gasteiger partial charge in [-0.25, -0.2) is 0 Å². The lowest BCUT2D eigenvalue weighted by atomic mass is 9.43. The highest BCUT2D eigenvalue weighted by Gasteiger charge is 2.69. The fourth-order valence-corrected chi connectivity index (χ4v) is 7.70. The van der Waals surface area contributed by atoms with E-state index in [0.29, 0.717) is 10.6 Å². The van der Waals surface area contributed by atoms with E-state index in [1.165, 1.54) is 27.6 Å². The second kappa shape index (κ2) is 8.88. The van der Waals surface area contributed by atoms with E-state index in [0.717, 1.165) is 23.2 Å². The highest BCUT2D eigenvalue weighted by atomic mass is 31.1. The normalized spacial score (nSPS) is 37.9. The van der Waals surface area contributed by atoms with Gasteiger partial charge in [0.1, 0.15) is 0 Å². The van der Waals surface area contributed by atoms with Gasteiger partial charge in [-0.3, -0.25) is 0 Å². The van der Waals surface area contributed by atoms with Gasteiger partial charge in [0, 0.05) is 0 Å². The van der Waals surface area contributed by atoms with Crippen molar-refractivity contribution < 1.29 is 0 Å². The summed E-state index contributed by atoms with van der Waals surface area (Å²) in [6, 6.07) is 0. The molecule has 0 nitrogen and oxygen atoms in total. The van der Waals surface area contributed by atoms with Crippen LogP contribution in [-0.4, -0.2) is 11.3 Å². The molecule has 0 radical (unpaired) electrons. The van der Waals surface area contributed by atoms with E-state index in [2.05, 4.69) is 34.6 Å². The van der Waals surface area contributed by atoms with Crippen molar-refractivity contribution in [3.05, 3.63) is 0 Å². The molecule has 6 atom stereocenters. The zero-order valence-corrected chi connectivity index (χ0v) is 19.4. The smallest absolute Gasteiger partial charge is 0.0122 e. The Bertz CT molecular complexity index is 374. The summed E-state index contributed by atoms with van der Waals surface area (Å²) in [6.45, 7) is 20.5. The minimum atomic E-state index is 0.581. The van der Waals surface area contributed by atoms with E-state index in [1.54, 1.807) is 32.1 Å². The molecule has 3 aliphatic rings. The van der Waals surface area contributed by atoms with E-state index < -0.39 is 0 Å². The van der Waals surface area contributed by atoms with Crippen molar-refractivity contribution in [1.29, 1.82) is 0 Å². The van der Waals surface area contributed by atoms with Crippen molar-refractivity contribution in [1.82, 2.24) is 0 Å². The van der Waals surface area contributed by atoms with Gasteiger partial charge in [-0.15, -0.1) is 8.58 Å². The van der Waals surface area contributed by atoms with Gasteiger partial charge in [-0.05, 0) is 78.4 Å². The number of rotatable bonds is 6. The molecule has 0 aromatic carbocycles. The lowest BCUT2D eigenvalue weighted by Gasteiger charge is -2.62. The van der Waals surface area contributed by atoms with E-state index in [4.69, 9.17) is 0 Å². The molecule has 3 rings (SSSR count). The molecule has 0 aromatic heterocycles. The highest BCUT2D eigenvalue weighted by molar-refractivity contribution is 7.40. The first kappa shape index (κ1) is 22.5. The highest BCUT2D eigenvalue weighted by Crippen LogP contribution is 2.78. The summed E-state index contributed by atoms with van der Waals surface area (Å²) in [5.74, 6) is 3.19. The average Bonchev–Trinajstić information content (AvgIpc) is 2.95. The summed E-state index contributed by atoms with van der Waals surface area (Å²) >= 11 is 0. The molecule has 0 saturated heterocycles. The van der Waals surface area contributed by atoms with Gasteiger partial charge in [-0.1, -0.05) is 68.7 Å². The fourth-order valence-electron chi connectivity index (χ4n) is 5.81. The Labute approximate surface area is 156 Å². The summed E-state index contributed by atoms with van der Waals surface area (Å²) in [7, 11) is 1.17. The van der Waals surface area contributed by atoms with Crippen LogP contribution in [-0.2, 0) is 0 Å². The molecule has 3 aliphatic carbocycles. The predicted molar refractivity (Wildman–Crippen MR) is 115 cm³/mol. The molecule has 3 fully saturated rings. The fraction of sp³-hybridized carbons (Fsp3) is 1.00. The third-order valence-electron chi connectivity index (χ3n) is 8.05. The van der Waals surface area contributed by atoms with Gasteiger partial charge >= 0.3 is 0 Å². The minimum absolute atomic E-state index is 0.581. The molecular formula is C23H47P. The average molecular weight is 355 g/mol. The van der Waals surface area contributed by atoms with E-state index in [-0.39, 0.29) is 0 Å². The first-order valence-electron chi connectivity index (χ1n) is 11.1. The van der Waals surface area contributed by atoms with Crippen LogP contribution >= 0.6 is 8.58 Å². The molecule has 1 spiro atoms. The standard InChI is InChI=1S/C19H35P.2C2H6/c1-6-14(3)12-20-17(4,5)18(7-2)11-16-10-15-8-9-19(15,16)13-18;2*1-2/h14-16,20H,6-13H2,1-5H3;2*1-2H3. The summed E-state index contributed by atoms with van der Waals surface area (Å²) in [5, 5.41) is 0.581. The monoisotopic (exact) mass is 354 g/mol. The van der Waals surface area contributed by atoms with Gasteiger partial charge < -0.3 is 0 Å². The lowest BCUT2D eigenvalue weighted by Crippen LogP contribution is -2.53. The van der Waals surface area contributed by atoms with Gasteiger partial charge in [0.2, 0.25) is 0 Å². The van der Waals surface area contributed by atoms with E-state index in [9.17, 15) is 0 Å². The predicted octanol–water partition coefficient (Wildman–Crippen LogP) is 8.15. The molecule has 144 valence electrons. The van der Waals surface area contributed by atoms with Crippen molar-refractivity contribution in [2.24, 2.45) is 28.6 Å². The minimum Gasteiger partial charge on any atom is -0.115 e. The Balaban J connectivity index is 0.000000671. The zero-order valence-electron chi connectivity index (χ0n) is 18.4. The Morgan fingerprint density at radius 2 is 1.71 bits per heavy atom. The van der Waals surface area contributed by atoms with Gasteiger partial charge in [0.05, 0.1) is 0 Å². The largest absolute Gasteiger partial charge is 0.115 e. The Kier molecular flexibility index (Phi) is 8.32. The van der Waals surface area contributed by atoms with Crippen LogP contribution < -0.4 is 0 Å². The van der Waals surface area contributed by atoms with Crippen LogP contribution in [0.2, 0.25) is 0 Å². The van der Waals surface area contributed by atoms with Gasteiger partial charge in [0.15, 0.2) is 0 Å². The third kappa shape index (κ3) is 3.61. The Morgan fingerprint density at radius 3 is 2.08 bits per heavy atom. The molecule has 3 saturated carbocycles. The zero-order chi connectivity index (χ0) is 18.6. The lowest BCUT2D eigenvalue weighted by molar-refractivity contribution is -0.121. The second-order valence-electron chi connectivity index (χ2n) is 8.94. The SMILES string of the molecule is CC.CC.CCC(C)CPC(C)(C)C1(CC)CC2CC3CCC32C1. The third-order valence-corrected chi connectivity index (χ3v) is 10.4. The molecule has 0 N–H and O–H groups in total. The van der Waals surface area contributed by atoms with Crippen molar-refractivity contribution in [3.8, 4) is 0 Å². The molecule has 24 heavy (non-hydrogen) atoms. The van der Waals surface area contributed by atoms with Crippen molar-refractivity contribution in [3.63, 3.8) is 0 Å². The summed E-state index contributed by atoms with van der Waals surface area (Å²) in [5.41, 5.74) is 1.53. The van der Waals surface area contributed by atoms with Gasteiger partial charge in [-0.2, -0.15) is 0 Å². The molecule has 0 aliphatic heterocycles. The Morgan fingerprint density at radius 1 is 1.08 bits per heavy atom. The van der Waals surface area contributed by atoms with Crippen LogP contribution in [0.4, 0.5) is 0 Å². The van der Waals surface area contributed by atoms with Crippen LogP contribution in [0.5, 0.6) is 0 Å². The molecule has 6 unspecified atom stereocenters. The van der Waals surface area contributed by atoms with Crippen molar-refractivity contribution in [2.45, 2.75) is 112 Å². The Hall–Kier alpha value is 0.430. The van der Waals surface area contributed by atoms with Crippen molar-refractivity contribution >= 4 is 8.58 Å². The summed E-state index contributed by atoms with van der Waals surface area (Å²) in [6.07, 6.45) is 12.1. The number of hydrogen-bond donors (Lipinski definition) is 0. The van der Waals surface area contributed by atoms with Crippen LogP contribution in [0, 0.1) is 28.6 Å². The molecular weight excluding hydrogens is 307 g/mol. The maximum absolute atomic E-state index is 2.62. The van der Waals surface area contributed by atoms with Gasteiger partial charge in [0.25, 0.3) is 0 Å². The molecule has 0 aromatic rings. The molecule has 1 heteroatoms. The first-order valence-corrected chi connectivity index (χ1v) is 12.3. The van der Waals surface area contributed by atoms with Crippen LogP contribution in [0.3, 0.4) is 0 Å². The second-order valence-corrected chi connectivity index (χ2v) is 10.9.